The average molecular weight is 289 g/mol. The van der Waals surface area contributed by atoms with E-state index in [9.17, 15) is 9.18 Å². The molecule has 0 bridgehead atoms. The van der Waals surface area contributed by atoms with Crippen molar-refractivity contribution >= 4 is 5.91 Å². The number of nitrogens with one attached hydrogen (secondary N) is 1. The summed E-state index contributed by atoms with van der Waals surface area (Å²) >= 11 is 0. The van der Waals surface area contributed by atoms with Gasteiger partial charge >= 0.3 is 0 Å². The Morgan fingerprint density at radius 1 is 1.19 bits per heavy atom. The van der Waals surface area contributed by atoms with Gasteiger partial charge in [0.25, 0.3) is 0 Å². The van der Waals surface area contributed by atoms with Crippen LogP contribution in [0.25, 0.3) is 0 Å². The van der Waals surface area contributed by atoms with Crippen LogP contribution in [-0.2, 0) is 11.3 Å². The zero-order valence-corrected chi connectivity index (χ0v) is 12.0. The average Bonchev–Trinajstić information content (AvgIpc) is 3.04. The van der Waals surface area contributed by atoms with Gasteiger partial charge in [0.1, 0.15) is 11.9 Å². The number of nitrogens with zero attached hydrogens (tertiary/aromatic N) is 2. The van der Waals surface area contributed by atoms with Crippen LogP contribution in [0.1, 0.15) is 5.56 Å². The van der Waals surface area contributed by atoms with Crippen LogP contribution in [0.15, 0.2) is 36.4 Å². The van der Waals surface area contributed by atoms with Gasteiger partial charge in [-0.25, -0.2) is 4.39 Å². The molecule has 0 spiro atoms. The maximum atomic E-state index is 12.9. The summed E-state index contributed by atoms with van der Waals surface area (Å²) in [4.78, 5) is 16.5. The fraction of sp³-hybridized carbons (Fsp3) is 0.438. The predicted octanol–water partition coefficient (Wildman–Crippen LogP) is 0.998. The molecule has 2 aliphatic heterocycles. The van der Waals surface area contributed by atoms with E-state index in [0.29, 0.717) is 0 Å². The van der Waals surface area contributed by atoms with E-state index in [4.69, 9.17) is 0 Å². The number of piperazine rings is 1. The van der Waals surface area contributed by atoms with Crippen LogP contribution in [0.5, 0.6) is 0 Å². The summed E-state index contributed by atoms with van der Waals surface area (Å²) in [5, 5.41) is 3.16. The molecule has 2 heterocycles. The van der Waals surface area contributed by atoms with Gasteiger partial charge in [-0.3, -0.25) is 15.0 Å². The Kier molecular flexibility index (Phi) is 4.31. The van der Waals surface area contributed by atoms with Crippen molar-refractivity contribution in [1.29, 1.82) is 0 Å². The van der Waals surface area contributed by atoms with E-state index in [0.717, 1.165) is 44.8 Å². The number of carbonyl (C=O) groups is 1. The lowest BCUT2D eigenvalue weighted by Crippen LogP contribution is -2.52. The fourth-order valence-corrected chi connectivity index (χ4v) is 2.81. The Bertz CT molecular complexity index is 521. The maximum absolute atomic E-state index is 12.9. The molecule has 1 aromatic rings. The van der Waals surface area contributed by atoms with Gasteiger partial charge in [0.05, 0.1) is 0 Å². The van der Waals surface area contributed by atoms with Gasteiger partial charge in [0.2, 0.25) is 5.91 Å². The number of carbonyl (C=O) groups excluding carboxylic acids is 1. The van der Waals surface area contributed by atoms with E-state index in [1.165, 1.54) is 12.1 Å². The standard InChI is InChI=1S/C16H20FN3O/c17-14-5-3-13(4-6-14)12-19-8-10-20(11-9-19)16(21)15-2-1-7-18-15/h1-6,15,18H,7-12H2/t15-/m0/s1. The van der Waals surface area contributed by atoms with Crippen molar-refractivity contribution in [2.45, 2.75) is 12.6 Å². The predicted molar refractivity (Wildman–Crippen MR) is 79.2 cm³/mol. The highest BCUT2D eigenvalue weighted by Gasteiger charge is 2.26. The van der Waals surface area contributed by atoms with E-state index in [2.05, 4.69) is 10.2 Å². The molecule has 1 aromatic carbocycles. The lowest BCUT2D eigenvalue weighted by atomic mass is 10.2. The Morgan fingerprint density at radius 2 is 1.90 bits per heavy atom. The first-order valence-corrected chi connectivity index (χ1v) is 7.38. The molecule has 0 unspecified atom stereocenters. The minimum atomic E-state index is -0.203. The molecule has 1 saturated heterocycles. The van der Waals surface area contributed by atoms with Gasteiger partial charge in [-0.05, 0) is 17.7 Å². The summed E-state index contributed by atoms with van der Waals surface area (Å²) in [7, 11) is 0. The number of halogens is 1. The van der Waals surface area contributed by atoms with Crippen molar-refractivity contribution in [1.82, 2.24) is 15.1 Å². The highest BCUT2D eigenvalue weighted by molar-refractivity contribution is 5.84. The SMILES string of the molecule is O=C([C@@H]1C=CCN1)N1CCN(Cc2ccc(F)cc2)CC1. The fourth-order valence-electron chi connectivity index (χ4n) is 2.81. The van der Waals surface area contributed by atoms with Crippen LogP contribution in [-0.4, -0.2) is 54.5 Å². The van der Waals surface area contributed by atoms with Crippen molar-refractivity contribution in [3.8, 4) is 0 Å². The van der Waals surface area contributed by atoms with E-state index in [-0.39, 0.29) is 17.8 Å². The third-order valence-corrected chi connectivity index (χ3v) is 4.05. The Balaban J connectivity index is 1.49. The second-order valence-corrected chi connectivity index (χ2v) is 5.54. The Hall–Kier alpha value is -1.72. The van der Waals surface area contributed by atoms with Gasteiger partial charge in [0.15, 0.2) is 0 Å². The van der Waals surface area contributed by atoms with Crippen LogP contribution in [0.2, 0.25) is 0 Å². The second kappa shape index (κ2) is 6.37. The molecule has 0 aromatic heterocycles. The van der Waals surface area contributed by atoms with E-state index >= 15 is 0 Å². The largest absolute Gasteiger partial charge is 0.338 e. The summed E-state index contributed by atoms with van der Waals surface area (Å²) in [6.45, 7) is 4.82. The summed E-state index contributed by atoms with van der Waals surface area (Å²) in [5.41, 5.74) is 1.11. The van der Waals surface area contributed by atoms with Crippen molar-refractivity contribution in [3.63, 3.8) is 0 Å². The van der Waals surface area contributed by atoms with E-state index in [1.54, 1.807) is 0 Å². The molecular formula is C16H20FN3O. The summed E-state index contributed by atoms with van der Waals surface area (Å²) in [6.07, 6.45) is 3.93. The first kappa shape index (κ1) is 14.2. The van der Waals surface area contributed by atoms with E-state index in [1.807, 2.05) is 29.2 Å². The van der Waals surface area contributed by atoms with Crippen molar-refractivity contribution < 1.29 is 9.18 Å². The number of rotatable bonds is 3. The van der Waals surface area contributed by atoms with Crippen LogP contribution in [0, 0.1) is 5.82 Å². The normalized spacial score (nSPS) is 22.7. The Labute approximate surface area is 124 Å². The summed E-state index contributed by atoms with van der Waals surface area (Å²) in [6, 6.07) is 6.48. The second-order valence-electron chi connectivity index (χ2n) is 5.54. The lowest BCUT2D eigenvalue weighted by molar-refractivity contribution is -0.133. The third-order valence-electron chi connectivity index (χ3n) is 4.05. The summed E-state index contributed by atoms with van der Waals surface area (Å²) < 4.78 is 12.9. The minimum absolute atomic E-state index is 0.145. The quantitative estimate of drug-likeness (QED) is 0.843. The van der Waals surface area contributed by atoms with Gasteiger partial charge in [0, 0.05) is 39.3 Å². The number of amides is 1. The topological polar surface area (TPSA) is 35.6 Å². The van der Waals surface area contributed by atoms with Crippen molar-refractivity contribution in [2.75, 3.05) is 32.7 Å². The molecule has 1 amide bonds. The summed E-state index contributed by atoms with van der Waals surface area (Å²) in [5.74, 6) is -0.0310. The molecule has 112 valence electrons. The molecule has 1 fully saturated rings. The van der Waals surface area contributed by atoms with Crippen LogP contribution < -0.4 is 5.32 Å². The molecule has 1 N–H and O–H groups in total. The Morgan fingerprint density at radius 3 is 2.52 bits per heavy atom. The first-order valence-electron chi connectivity index (χ1n) is 7.38. The highest BCUT2D eigenvalue weighted by Crippen LogP contribution is 2.11. The molecule has 0 radical (unpaired) electrons. The molecule has 21 heavy (non-hydrogen) atoms. The number of hydrogen-bond acceptors (Lipinski definition) is 3. The van der Waals surface area contributed by atoms with Gasteiger partial charge in [-0.1, -0.05) is 24.3 Å². The zero-order chi connectivity index (χ0) is 14.7. The smallest absolute Gasteiger partial charge is 0.243 e. The molecular weight excluding hydrogens is 269 g/mol. The van der Waals surface area contributed by atoms with Crippen LogP contribution >= 0.6 is 0 Å². The molecule has 2 aliphatic rings. The van der Waals surface area contributed by atoms with Crippen molar-refractivity contribution in [2.24, 2.45) is 0 Å². The number of hydrogen-bond donors (Lipinski definition) is 1. The van der Waals surface area contributed by atoms with Crippen molar-refractivity contribution in [3.05, 3.63) is 47.8 Å². The van der Waals surface area contributed by atoms with Gasteiger partial charge in [-0.15, -0.1) is 0 Å². The lowest BCUT2D eigenvalue weighted by Gasteiger charge is -2.35. The third kappa shape index (κ3) is 3.49. The molecule has 0 aliphatic carbocycles. The zero-order valence-electron chi connectivity index (χ0n) is 12.0. The van der Waals surface area contributed by atoms with E-state index < -0.39 is 0 Å². The van der Waals surface area contributed by atoms with Gasteiger partial charge < -0.3 is 4.90 Å². The molecule has 0 saturated carbocycles. The molecule has 3 rings (SSSR count). The van der Waals surface area contributed by atoms with Crippen LogP contribution in [0.4, 0.5) is 4.39 Å². The molecule has 5 heteroatoms. The number of benzene rings is 1. The maximum Gasteiger partial charge on any atom is 0.243 e. The molecule has 4 nitrogen and oxygen atoms in total. The molecule has 1 atom stereocenters. The van der Waals surface area contributed by atoms with Gasteiger partial charge in [-0.2, -0.15) is 0 Å². The first-order chi connectivity index (χ1) is 10.2. The highest BCUT2D eigenvalue weighted by atomic mass is 19.1. The van der Waals surface area contributed by atoms with Crippen LogP contribution in [0.3, 0.4) is 0 Å². The minimum Gasteiger partial charge on any atom is -0.338 e. The monoisotopic (exact) mass is 289 g/mol.